The maximum atomic E-state index is 6.12. The zero-order valence-electron chi connectivity index (χ0n) is 11.9. The normalized spacial score (nSPS) is 24.8. The number of rotatable bonds is 3. The predicted molar refractivity (Wildman–Crippen MR) is 84.6 cm³/mol. The highest BCUT2D eigenvalue weighted by Crippen LogP contribution is 2.29. The van der Waals surface area contributed by atoms with Crippen molar-refractivity contribution in [1.82, 2.24) is 4.90 Å². The Balaban J connectivity index is 2.13. The van der Waals surface area contributed by atoms with Crippen LogP contribution in [0, 0.1) is 0 Å². The van der Waals surface area contributed by atoms with E-state index in [1.165, 1.54) is 18.7 Å². The molecule has 1 saturated heterocycles. The highest BCUT2D eigenvalue weighted by atomic mass is 35.5. The number of piperazine rings is 1. The minimum absolute atomic E-state index is 0.568. The number of nitrogens with zero attached hydrogens (tertiary/aromatic N) is 2. The quantitative estimate of drug-likeness (QED) is 0.821. The Morgan fingerprint density at radius 3 is 2.26 bits per heavy atom. The van der Waals surface area contributed by atoms with Gasteiger partial charge in [-0.3, -0.25) is 4.90 Å². The number of anilines is 1. The van der Waals surface area contributed by atoms with E-state index in [9.17, 15) is 0 Å². The number of hydrogen-bond donors (Lipinski definition) is 0. The second kappa shape index (κ2) is 6.34. The molecule has 1 aromatic carbocycles. The number of hydrogen-bond acceptors (Lipinski definition) is 2. The van der Waals surface area contributed by atoms with Gasteiger partial charge in [-0.2, -0.15) is 0 Å². The lowest BCUT2D eigenvalue weighted by atomic mass is 10.1. The van der Waals surface area contributed by atoms with Gasteiger partial charge < -0.3 is 4.90 Å². The fraction of sp³-hybridized carbons (Fsp3) is 0.600. The van der Waals surface area contributed by atoms with Crippen molar-refractivity contribution < 1.29 is 0 Å². The van der Waals surface area contributed by atoms with E-state index in [0.717, 1.165) is 13.1 Å². The molecule has 0 amide bonds. The first kappa shape index (κ1) is 15.0. The number of benzene rings is 1. The van der Waals surface area contributed by atoms with Gasteiger partial charge in [0.25, 0.3) is 0 Å². The molecule has 0 bridgehead atoms. The molecule has 0 aromatic heterocycles. The summed E-state index contributed by atoms with van der Waals surface area (Å²) in [4.78, 5) is 5.00. The zero-order valence-corrected chi connectivity index (χ0v) is 13.4. The average Bonchev–Trinajstić information content (AvgIpc) is 2.37. The minimum Gasteiger partial charge on any atom is -0.368 e. The van der Waals surface area contributed by atoms with Crippen molar-refractivity contribution in [3.8, 4) is 0 Å². The fourth-order valence-corrected chi connectivity index (χ4v) is 3.24. The van der Waals surface area contributed by atoms with Crippen LogP contribution in [0.3, 0.4) is 0 Å². The summed E-state index contributed by atoms with van der Waals surface area (Å²) >= 11 is 12.1. The van der Waals surface area contributed by atoms with Crippen molar-refractivity contribution in [3.05, 3.63) is 28.2 Å². The van der Waals surface area contributed by atoms with Gasteiger partial charge >= 0.3 is 0 Å². The van der Waals surface area contributed by atoms with E-state index >= 15 is 0 Å². The molecule has 1 aromatic rings. The average molecular weight is 301 g/mol. The van der Waals surface area contributed by atoms with Crippen molar-refractivity contribution in [2.24, 2.45) is 0 Å². The Kier molecular flexibility index (Phi) is 4.99. The van der Waals surface area contributed by atoms with E-state index in [-0.39, 0.29) is 0 Å². The summed E-state index contributed by atoms with van der Waals surface area (Å²) in [5.41, 5.74) is 1.17. The molecular weight excluding hydrogens is 279 g/mol. The summed E-state index contributed by atoms with van der Waals surface area (Å²) in [5.74, 6) is 0. The summed E-state index contributed by atoms with van der Waals surface area (Å²) in [6.45, 7) is 10.1. The van der Waals surface area contributed by atoms with Crippen molar-refractivity contribution in [2.45, 2.75) is 39.3 Å². The fourth-order valence-electron chi connectivity index (χ4n) is 2.95. The molecule has 106 valence electrons. The van der Waals surface area contributed by atoms with E-state index in [1.807, 2.05) is 12.1 Å². The summed E-state index contributed by atoms with van der Waals surface area (Å²) < 4.78 is 0. The smallest absolute Gasteiger partial charge is 0.0612 e. The van der Waals surface area contributed by atoms with Crippen LogP contribution in [0.4, 0.5) is 5.69 Å². The Bertz CT molecular complexity index is 424. The van der Waals surface area contributed by atoms with Crippen LogP contribution in [0.5, 0.6) is 0 Å². The molecule has 0 saturated carbocycles. The molecule has 2 unspecified atom stereocenters. The Labute approximate surface area is 126 Å². The van der Waals surface area contributed by atoms with Crippen LogP contribution < -0.4 is 4.90 Å². The van der Waals surface area contributed by atoms with Crippen LogP contribution in [0.2, 0.25) is 10.0 Å². The molecule has 19 heavy (non-hydrogen) atoms. The summed E-state index contributed by atoms with van der Waals surface area (Å²) in [6.07, 6.45) is 1.21. The van der Waals surface area contributed by atoms with Gasteiger partial charge in [-0.25, -0.2) is 0 Å². The third-order valence-electron chi connectivity index (χ3n) is 3.85. The van der Waals surface area contributed by atoms with Crippen molar-refractivity contribution in [1.29, 1.82) is 0 Å². The molecule has 1 aliphatic heterocycles. The second-order valence-electron chi connectivity index (χ2n) is 5.44. The topological polar surface area (TPSA) is 6.48 Å². The molecule has 0 aliphatic carbocycles. The van der Waals surface area contributed by atoms with E-state index < -0.39 is 0 Å². The SMILES string of the molecule is CCCN1C(C)CN(c2ccc(Cl)c(Cl)c2)CC1C. The summed E-state index contributed by atoms with van der Waals surface area (Å²) in [7, 11) is 0. The van der Waals surface area contributed by atoms with Gasteiger partial charge in [0.05, 0.1) is 10.0 Å². The first-order valence-electron chi connectivity index (χ1n) is 6.98. The number of halogens is 2. The second-order valence-corrected chi connectivity index (χ2v) is 6.25. The molecule has 2 nitrogen and oxygen atoms in total. The van der Waals surface area contributed by atoms with Crippen LogP contribution in [0.1, 0.15) is 27.2 Å². The van der Waals surface area contributed by atoms with Gasteiger partial charge in [0, 0.05) is 30.9 Å². The van der Waals surface area contributed by atoms with E-state index in [4.69, 9.17) is 23.2 Å². The van der Waals surface area contributed by atoms with Crippen LogP contribution in [0.25, 0.3) is 0 Å². The predicted octanol–water partition coefficient (Wildman–Crippen LogP) is 4.30. The van der Waals surface area contributed by atoms with Gasteiger partial charge in [-0.1, -0.05) is 30.1 Å². The maximum Gasteiger partial charge on any atom is 0.0612 e. The van der Waals surface area contributed by atoms with Crippen molar-refractivity contribution in [2.75, 3.05) is 24.5 Å². The lowest BCUT2D eigenvalue weighted by molar-refractivity contribution is 0.132. The molecule has 4 heteroatoms. The highest BCUT2D eigenvalue weighted by molar-refractivity contribution is 6.42. The molecule has 1 heterocycles. The molecule has 0 spiro atoms. The standard InChI is InChI=1S/C15H22Cl2N2/c1-4-7-19-11(2)9-18(10-12(19)3)13-5-6-14(16)15(17)8-13/h5-6,8,11-12H,4,7,9-10H2,1-3H3. The minimum atomic E-state index is 0.568. The zero-order chi connectivity index (χ0) is 14.0. The summed E-state index contributed by atoms with van der Waals surface area (Å²) in [6, 6.07) is 7.05. The lowest BCUT2D eigenvalue weighted by Crippen LogP contribution is -2.56. The maximum absolute atomic E-state index is 6.12. The van der Waals surface area contributed by atoms with Crippen LogP contribution in [0.15, 0.2) is 18.2 Å². The van der Waals surface area contributed by atoms with Gasteiger partial charge in [0.1, 0.15) is 0 Å². The monoisotopic (exact) mass is 300 g/mol. The Morgan fingerprint density at radius 2 is 1.74 bits per heavy atom. The largest absolute Gasteiger partial charge is 0.368 e. The molecule has 2 rings (SSSR count). The van der Waals surface area contributed by atoms with Crippen LogP contribution in [-0.2, 0) is 0 Å². The Morgan fingerprint density at radius 1 is 1.11 bits per heavy atom. The Hall–Kier alpha value is -0.440. The first-order valence-corrected chi connectivity index (χ1v) is 7.74. The van der Waals surface area contributed by atoms with Crippen LogP contribution >= 0.6 is 23.2 Å². The van der Waals surface area contributed by atoms with E-state index in [2.05, 4.69) is 36.6 Å². The third kappa shape index (κ3) is 3.36. The summed E-state index contributed by atoms with van der Waals surface area (Å²) in [5, 5.41) is 1.26. The third-order valence-corrected chi connectivity index (χ3v) is 4.59. The van der Waals surface area contributed by atoms with Gasteiger partial charge in [-0.05, 0) is 45.0 Å². The van der Waals surface area contributed by atoms with Gasteiger partial charge in [0.2, 0.25) is 0 Å². The molecule has 0 N–H and O–H groups in total. The van der Waals surface area contributed by atoms with Crippen LogP contribution in [-0.4, -0.2) is 36.6 Å². The molecular formula is C15H22Cl2N2. The van der Waals surface area contributed by atoms with Crippen molar-refractivity contribution in [3.63, 3.8) is 0 Å². The molecule has 0 radical (unpaired) electrons. The highest BCUT2D eigenvalue weighted by Gasteiger charge is 2.28. The molecule has 2 atom stereocenters. The molecule has 1 fully saturated rings. The first-order chi connectivity index (χ1) is 9.02. The van der Waals surface area contributed by atoms with E-state index in [0.29, 0.717) is 22.1 Å². The van der Waals surface area contributed by atoms with Gasteiger partial charge in [-0.15, -0.1) is 0 Å². The van der Waals surface area contributed by atoms with E-state index in [1.54, 1.807) is 0 Å². The van der Waals surface area contributed by atoms with Crippen molar-refractivity contribution >= 4 is 28.9 Å². The van der Waals surface area contributed by atoms with Gasteiger partial charge in [0.15, 0.2) is 0 Å². The lowest BCUT2D eigenvalue weighted by Gasteiger charge is -2.45. The molecule has 1 aliphatic rings.